The van der Waals surface area contributed by atoms with Crippen LogP contribution in [0.3, 0.4) is 0 Å². The summed E-state index contributed by atoms with van der Waals surface area (Å²) in [4.78, 5) is 0. The van der Waals surface area contributed by atoms with Gasteiger partial charge in [-0.3, -0.25) is 0 Å². The molecule has 0 fully saturated rings. The van der Waals surface area contributed by atoms with E-state index in [1.54, 1.807) is 27.4 Å². The lowest BCUT2D eigenvalue weighted by Crippen LogP contribution is -2.22. The summed E-state index contributed by atoms with van der Waals surface area (Å²) >= 11 is 0. The van der Waals surface area contributed by atoms with Crippen molar-refractivity contribution in [3.05, 3.63) is 41.5 Å². The van der Waals surface area contributed by atoms with Gasteiger partial charge in [0, 0.05) is 6.07 Å². The van der Waals surface area contributed by atoms with Crippen molar-refractivity contribution in [3.63, 3.8) is 0 Å². The van der Waals surface area contributed by atoms with E-state index in [2.05, 4.69) is 10.2 Å². The largest absolute Gasteiger partial charge is 0.497 e. The van der Waals surface area contributed by atoms with Crippen molar-refractivity contribution in [1.82, 2.24) is 0 Å². The van der Waals surface area contributed by atoms with Gasteiger partial charge in [0.05, 0.1) is 21.3 Å². The van der Waals surface area contributed by atoms with E-state index in [9.17, 15) is 0 Å². The molecule has 7 heteroatoms. The van der Waals surface area contributed by atoms with Crippen molar-refractivity contribution in [2.24, 2.45) is 10.2 Å². The lowest BCUT2D eigenvalue weighted by atomic mass is 10.2. The van der Waals surface area contributed by atoms with Crippen LogP contribution in [0, 0.1) is 13.8 Å². The molecular weight excluding hydrogens is 308 g/mol. The van der Waals surface area contributed by atoms with Crippen LogP contribution in [0.1, 0.15) is 11.1 Å². The van der Waals surface area contributed by atoms with E-state index >= 15 is 0 Å². The van der Waals surface area contributed by atoms with Gasteiger partial charge < -0.3 is 14.2 Å². The van der Waals surface area contributed by atoms with Crippen LogP contribution in [0.25, 0.3) is 0 Å². The maximum absolute atomic E-state index is 5.19. The molecule has 2 aromatic rings. The molecule has 24 heavy (non-hydrogen) atoms. The second-order valence-corrected chi connectivity index (χ2v) is 4.90. The Hall–Kier alpha value is -2.96. The van der Waals surface area contributed by atoms with E-state index in [0.717, 1.165) is 28.3 Å². The van der Waals surface area contributed by atoms with Gasteiger partial charge in [-0.25, -0.2) is 0 Å². The maximum atomic E-state index is 5.19. The first-order chi connectivity index (χ1) is 11.5. The summed E-state index contributed by atoms with van der Waals surface area (Å²) in [5.74, 6) is 2.21. The van der Waals surface area contributed by atoms with Gasteiger partial charge in [-0.2, -0.15) is 11.1 Å². The minimum absolute atomic E-state index is 0.616. The van der Waals surface area contributed by atoms with Crippen molar-refractivity contribution in [1.29, 1.82) is 0 Å². The van der Waals surface area contributed by atoms with Gasteiger partial charge >= 0.3 is 0 Å². The fourth-order valence-corrected chi connectivity index (χ4v) is 2.04. The van der Waals surface area contributed by atoms with Crippen LogP contribution >= 0.6 is 0 Å². The maximum Gasteiger partial charge on any atom is 0.172 e. The van der Waals surface area contributed by atoms with Crippen LogP contribution in [0.5, 0.6) is 17.2 Å². The Morgan fingerprint density at radius 1 is 0.708 bits per heavy atom. The molecule has 4 N–H and O–H groups in total. The number of ether oxygens (including phenoxy) is 3. The molecule has 2 rings (SSSR count). The zero-order chi connectivity index (χ0) is 18.1. The van der Waals surface area contributed by atoms with Crippen LogP contribution in [0.2, 0.25) is 0 Å². The quantitative estimate of drug-likeness (QED) is 0.814. The summed E-state index contributed by atoms with van der Waals surface area (Å²) in [6.45, 7) is 3.86. The zero-order valence-corrected chi connectivity index (χ0v) is 14.7. The molecule has 0 unspecified atom stereocenters. The van der Waals surface area contributed by atoms with Crippen LogP contribution in [0.15, 0.2) is 40.6 Å². The van der Waals surface area contributed by atoms with Gasteiger partial charge in [0.1, 0.15) is 17.2 Å². The molecule has 0 atom stereocenters. The summed E-state index contributed by atoms with van der Waals surface area (Å²) < 4.78 is 15.2. The SMILES string of the molecule is COc1cc(OC)c(N=[NH2+])cc1C.COc1ccc(N=[NH2+])c(C)c1. The number of aryl methyl sites for hydroxylation is 2. The normalized spacial score (nSPS) is 9.38. The fraction of sp³-hybridized carbons (Fsp3) is 0.294. The monoisotopic (exact) mass is 332 g/mol. The fourth-order valence-electron chi connectivity index (χ4n) is 2.04. The summed E-state index contributed by atoms with van der Waals surface area (Å²) in [5, 5.41) is 7.19. The molecule has 7 nitrogen and oxygen atoms in total. The molecule has 0 radical (unpaired) electrons. The summed E-state index contributed by atoms with van der Waals surface area (Å²) in [5.41, 5.74) is 13.7. The van der Waals surface area contributed by atoms with Crippen molar-refractivity contribution < 1.29 is 25.3 Å². The first-order valence-corrected chi connectivity index (χ1v) is 7.19. The zero-order valence-electron chi connectivity index (χ0n) is 14.7. The van der Waals surface area contributed by atoms with Crippen LogP contribution < -0.4 is 25.3 Å². The second kappa shape index (κ2) is 9.24. The van der Waals surface area contributed by atoms with Gasteiger partial charge in [-0.1, -0.05) is 0 Å². The predicted octanol–water partition coefficient (Wildman–Crippen LogP) is 1.70. The third-order valence-corrected chi connectivity index (χ3v) is 3.38. The topological polar surface area (TPSA) is 104 Å². The van der Waals surface area contributed by atoms with Gasteiger partial charge in [0.2, 0.25) is 0 Å². The number of benzene rings is 2. The van der Waals surface area contributed by atoms with E-state index in [1.165, 1.54) is 0 Å². The second-order valence-electron chi connectivity index (χ2n) is 4.90. The predicted molar refractivity (Wildman–Crippen MR) is 90.0 cm³/mol. The minimum Gasteiger partial charge on any atom is -0.497 e. The first kappa shape index (κ1) is 19.1. The molecule has 0 bridgehead atoms. The smallest absolute Gasteiger partial charge is 0.172 e. The Labute approximate surface area is 141 Å². The van der Waals surface area contributed by atoms with Crippen molar-refractivity contribution >= 4 is 11.4 Å². The Balaban J connectivity index is 0.000000243. The van der Waals surface area contributed by atoms with E-state index in [0.29, 0.717) is 11.4 Å². The highest BCUT2D eigenvalue weighted by Gasteiger charge is 2.08. The summed E-state index contributed by atoms with van der Waals surface area (Å²) in [6, 6.07) is 9.14. The Morgan fingerprint density at radius 2 is 1.33 bits per heavy atom. The molecule has 128 valence electrons. The van der Waals surface area contributed by atoms with Crippen LogP contribution in [0.4, 0.5) is 11.4 Å². The summed E-state index contributed by atoms with van der Waals surface area (Å²) in [6.07, 6.45) is 0. The van der Waals surface area contributed by atoms with E-state index in [1.807, 2.05) is 38.1 Å². The number of hydrogen-bond donors (Lipinski definition) is 2. The summed E-state index contributed by atoms with van der Waals surface area (Å²) in [7, 11) is 4.81. The first-order valence-electron chi connectivity index (χ1n) is 7.19. The lowest BCUT2D eigenvalue weighted by molar-refractivity contribution is -0.211. The molecule has 2 aromatic carbocycles. The van der Waals surface area contributed by atoms with Crippen LogP contribution in [-0.4, -0.2) is 21.3 Å². The van der Waals surface area contributed by atoms with Gasteiger partial charge in [-0.15, -0.1) is 0 Å². The average molecular weight is 332 g/mol. The molecule has 0 saturated carbocycles. The Bertz CT molecular complexity index is 717. The van der Waals surface area contributed by atoms with Crippen molar-refractivity contribution in [3.8, 4) is 17.2 Å². The molecule has 0 spiro atoms. The minimum atomic E-state index is 0.616. The van der Waals surface area contributed by atoms with Crippen LogP contribution in [-0.2, 0) is 0 Å². The number of rotatable bonds is 5. The molecule has 0 saturated heterocycles. The average Bonchev–Trinajstić information content (AvgIpc) is 2.61. The van der Waals surface area contributed by atoms with E-state index < -0.39 is 0 Å². The highest BCUT2D eigenvalue weighted by Crippen LogP contribution is 2.33. The number of nitrogens with zero attached hydrogens (tertiary/aromatic N) is 2. The number of hydrogen-bond acceptors (Lipinski definition) is 5. The highest BCUT2D eigenvalue weighted by atomic mass is 16.5. The number of methoxy groups -OCH3 is 3. The molecule has 0 aromatic heterocycles. The molecular formula is C17H24N4O3+2. The molecule has 0 amide bonds. The van der Waals surface area contributed by atoms with Gasteiger partial charge in [0.25, 0.3) is 0 Å². The molecule has 0 aliphatic heterocycles. The van der Waals surface area contributed by atoms with Crippen molar-refractivity contribution in [2.45, 2.75) is 13.8 Å². The molecule has 0 heterocycles. The lowest BCUT2D eigenvalue weighted by Gasteiger charge is -2.07. The third-order valence-electron chi connectivity index (χ3n) is 3.38. The van der Waals surface area contributed by atoms with Gasteiger partial charge in [-0.05, 0) is 59.5 Å². The Kier molecular flexibility index (Phi) is 7.35. The third kappa shape index (κ3) is 4.77. The standard InChI is InChI=1S/C9H12N2O2.C8H10N2O/c1-6-4-7(11-10)9(13-3)5-8(6)12-2;1-6-5-7(11-2)3-4-8(6)10-9/h4-5,10H,1-3H3;3-5,9H,1-2H3/p+2. The highest BCUT2D eigenvalue weighted by molar-refractivity contribution is 5.57. The molecule has 0 aliphatic carbocycles. The number of nitrogens with two attached hydrogens (primary N) is 2. The van der Waals surface area contributed by atoms with E-state index in [4.69, 9.17) is 25.3 Å². The Morgan fingerprint density at radius 3 is 1.79 bits per heavy atom. The van der Waals surface area contributed by atoms with Crippen molar-refractivity contribution in [2.75, 3.05) is 21.3 Å². The van der Waals surface area contributed by atoms with Gasteiger partial charge in [0.15, 0.2) is 11.4 Å². The van der Waals surface area contributed by atoms with E-state index in [-0.39, 0.29) is 0 Å². The molecule has 0 aliphatic rings.